The van der Waals surface area contributed by atoms with E-state index >= 15 is 0 Å². The highest BCUT2D eigenvalue weighted by atomic mass is 35.5. The van der Waals surface area contributed by atoms with Crippen LogP contribution >= 0.6 is 11.6 Å². The Labute approximate surface area is 184 Å². The minimum absolute atomic E-state index is 0.161. The molecule has 0 atom stereocenters. The minimum Gasteiger partial charge on any atom is -0.322 e. The maximum absolute atomic E-state index is 12.6. The molecule has 1 aliphatic heterocycles. The molecule has 0 radical (unpaired) electrons. The number of nitrogens with one attached hydrogen (secondary N) is 2. The first kappa shape index (κ1) is 21.2. The molecule has 2 heterocycles. The van der Waals surface area contributed by atoms with Crippen LogP contribution in [0.25, 0.3) is 11.4 Å². The number of benzene rings is 2. The Morgan fingerprint density at radius 2 is 1.68 bits per heavy atom. The maximum atomic E-state index is 12.6. The van der Waals surface area contributed by atoms with E-state index in [2.05, 4.69) is 15.3 Å². The number of amides is 1. The standard InChI is InChI=1S/C21H19ClN4O4S/c22-15-5-3-14(4-6-15)19-23-13-18(21(28)25-19)20(27)24-16-7-9-17(10-8-16)31(29,30)26-11-1-2-12-26/h3-10,13H,1-2,11-12H2,(H,24,27)(H,23,25,28). The van der Waals surface area contributed by atoms with Gasteiger partial charge in [0.05, 0.1) is 4.90 Å². The SMILES string of the molecule is O=C(Nc1ccc(S(=O)(=O)N2CCCC2)cc1)c1cnc(-c2ccc(Cl)cc2)[nH]c1=O. The lowest BCUT2D eigenvalue weighted by molar-refractivity contribution is 0.102. The predicted molar refractivity (Wildman–Crippen MR) is 118 cm³/mol. The normalized spacial score (nSPS) is 14.5. The fourth-order valence-electron chi connectivity index (χ4n) is 3.30. The van der Waals surface area contributed by atoms with Crippen LogP contribution in [0, 0.1) is 0 Å². The number of hydrogen-bond acceptors (Lipinski definition) is 5. The molecule has 160 valence electrons. The van der Waals surface area contributed by atoms with Gasteiger partial charge in [-0.1, -0.05) is 11.6 Å². The first-order valence-electron chi connectivity index (χ1n) is 9.61. The van der Waals surface area contributed by atoms with Crippen LogP contribution in [0.3, 0.4) is 0 Å². The van der Waals surface area contributed by atoms with Crippen molar-refractivity contribution in [3.63, 3.8) is 0 Å². The van der Waals surface area contributed by atoms with Crippen molar-refractivity contribution in [2.75, 3.05) is 18.4 Å². The zero-order valence-corrected chi connectivity index (χ0v) is 17.9. The van der Waals surface area contributed by atoms with E-state index in [-0.39, 0.29) is 10.5 Å². The van der Waals surface area contributed by atoms with Gasteiger partial charge in [0.25, 0.3) is 11.5 Å². The van der Waals surface area contributed by atoms with Crippen LogP contribution in [0.5, 0.6) is 0 Å². The first-order chi connectivity index (χ1) is 14.8. The highest BCUT2D eigenvalue weighted by Gasteiger charge is 2.27. The lowest BCUT2D eigenvalue weighted by Crippen LogP contribution is -2.27. The van der Waals surface area contributed by atoms with E-state index in [1.807, 2.05) is 0 Å². The highest BCUT2D eigenvalue weighted by molar-refractivity contribution is 7.89. The Bertz CT molecular complexity index is 1270. The Balaban J connectivity index is 1.49. The van der Waals surface area contributed by atoms with Crippen LogP contribution in [0.4, 0.5) is 5.69 Å². The summed E-state index contributed by atoms with van der Waals surface area (Å²) >= 11 is 5.86. The van der Waals surface area contributed by atoms with Gasteiger partial charge in [-0.2, -0.15) is 4.31 Å². The lowest BCUT2D eigenvalue weighted by atomic mass is 10.2. The zero-order chi connectivity index (χ0) is 22.0. The molecule has 0 aliphatic carbocycles. The summed E-state index contributed by atoms with van der Waals surface area (Å²) in [5.41, 5.74) is 0.270. The Morgan fingerprint density at radius 1 is 1.03 bits per heavy atom. The van der Waals surface area contributed by atoms with E-state index in [4.69, 9.17) is 11.6 Å². The quantitative estimate of drug-likeness (QED) is 0.610. The molecule has 8 nitrogen and oxygen atoms in total. The van der Waals surface area contributed by atoms with Gasteiger partial charge >= 0.3 is 0 Å². The predicted octanol–water partition coefficient (Wildman–Crippen LogP) is 3.13. The molecule has 0 bridgehead atoms. The average Bonchev–Trinajstić information content (AvgIpc) is 3.30. The number of anilines is 1. The number of sulfonamides is 1. The fraction of sp³-hybridized carbons (Fsp3) is 0.190. The minimum atomic E-state index is -3.53. The summed E-state index contributed by atoms with van der Waals surface area (Å²) in [6.45, 7) is 1.03. The number of nitrogens with zero attached hydrogens (tertiary/aromatic N) is 2. The van der Waals surface area contributed by atoms with Crippen molar-refractivity contribution >= 4 is 33.2 Å². The first-order valence-corrected chi connectivity index (χ1v) is 11.4. The van der Waals surface area contributed by atoms with E-state index in [9.17, 15) is 18.0 Å². The van der Waals surface area contributed by atoms with Crippen LogP contribution in [0.1, 0.15) is 23.2 Å². The molecule has 1 fully saturated rings. The van der Waals surface area contributed by atoms with Gasteiger partial charge in [0, 0.05) is 35.6 Å². The molecule has 1 saturated heterocycles. The fourth-order valence-corrected chi connectivity index (χ4v) is 4.94. The van der Waals surface area contributed by atoms with Gasteiger partial charge in [-0.15, -0.1) is 0 Å². The molecule has 10 heteroatoms. The van der Waals surface area contributed by atoms with Crippen LogP contribution in [-0.4, -0.2) is 41.7 Å². The van der Waals surface area contributed by atoms with E-state index in [0.717, 1.165) is 12.8 Å². The molecular weight excluding hydrogens is 440 g/mol. The number of aromatic amines is 1. The number of hydrogen-bond donors (Lipinski definition) is 2. The van der Waals surface area contributed by atoms with Crippen molar-refractivity contribution in [2.45, 2.75) is 17.7 Å². The smallest absolute Gasteiger partial charge is 0.264 e. The molecule has 1 aromatic heterocycles. The van der Waals surface area contributed by atoms with E-state index in [0.29, 0.717) is 35.2 Å². The average molecular weight is 459 g/mol. The Morgan fingerprint density at radius 3 is 2.29 bits per heavy atom. The molecule has 31 heavy (non-hydrogen) atoms. The second kappa shape index (κ2) is 8.62. The van der Waals surface area contributed by atoms with E-state index in [1.54, 1.807) is 24.3 Å². The summed E-state index contributed by atoms with van der Waals surface area (Å²) in [6.07, 6.45) is 2.91. The van der Waals surface area contributed by atoms with Gasteiger partial charge < -0.3 is 10.3 Å². The summed E-state index contributed by atoms with van der Waals surface area (Å²) < 4.78 is 26.6. The molecule has 1 amide bonds. The molecule has 0 saturated carbocycles. The summed E-state index contributed by atoms with van der Waals surface area (Å²) in [7, 11) is -3.53. The van der Waals surface area contributed by atoms with Crippen molar-refractivity contribution in [2.24, 2.45) is 0 Å². The molecule has 1 aliphatic rings. The van der Waals surface area contributed by atoms with Crippen LogP contribution in [0.2, 0.25) is 5.02 Å². The van der Waals surface area contributed by atoms with E-state index in [1.165, 1.54) is 34.8 Å². The molecule has 3 aromatic rings. The monoisotopic (exact) mass is 458 g/mol. The van der Waals surface area contributed by atoms with Gasteiger partial charge in [-0.3, -0.25) is 9.59 Å². The number of halogens is 1. The van der Waals surface area contributed by atoms with Gasteiger partial charge in [0.1, 0.15) is 11.4 Å². The van der Waals surface area contributed by atoms with E-state index < -0.39 is 21.5 Å². The topological polar surface area (TPSA) is 112 Å². The van der Waals surface area contributed by atoms with Gasteiger partial charge in [0.2, 0.25) is 10.0 Å². The summed E-state index contributed by atoms with van der Waals surface area (Å²) in [4.78, 5) is 31.8. The van der Waals surface area contributed by atoms with Gasteiger partial charge in [-0.05, 0) is 61.4 Å². The summed E-state index contributed by atoms with van der Waals surface area (Å²) in [5.74, 6) is -0.332. The third-order valence-corrected chi connectivity index (χ3v) is 7.14. The summed E-state index contributed by atoms with van der Waals surface area (Å²) in [5, 5.41) is 3.15. The number of aromatic nitrogens is 2. The number of carbonyl (C=O) groups excluding carboxylic acids is 1. The number of carbonyl (C=O) groups is 1. The van der Waals surface area contributed by atoms with Crippen molar-refractivity contribution in [1.29, 1.82) is 0 Å². The molecule has 0 unspecified atom stereocenters. The largest absolute Gasteiger partial charge is 0.322 e. The number of rotatable bonds is 5. The Hall–Kier alpha value is -3.01. The second-order valence-electron chi connectivity index (χ2n) is 7.07. The Kier molecular flexibility index (Phi) is 5.90. The third kappa shape index (κ3) is 4.53. The number of H-pyrrole nitrogens is 1. The van der Waals surface area contributed by atoms with Crippen LogP contribution < -0.4 is 10.9 Å². The molecular formula is C21H19ClN4O4S. The van der Waals surface area contributed by atoms with Crippen molar-refractivity contribution in [3.8, 4) is 11.4 Å². The van der Waals surface area contributed by atoms with Gasteiger partial charge in [-0.25, -0.2) is 13.4 Å². The molecule has 0 spiro atoms. The molecule has 4 rings (SSSR count). The van der Waals surface area contributed by atoms with Crippen molar-refractivity contribution in [1.82, 2.24) is 14.3 Å². The lowest BCUT2D eigenvalue weighted by Gasteiger charge is -2.15. The van der Waals surface area contributed by atoms with Gasteiger partial charge in [0.15, 0.2) is 0 Å². The summed E-state index contributed by atoms with van der Waals surface area (Å²) in [6, 6.07) is 12.6. The van der Waals surface area contributed by atoms with Crippen molar-refractivity contribution in [3.05, 3.63) is 75.7 Å². The zero-order valence-electron chi connectivity index (χ0n) is 16.3. The van der Waals surface area contributed by atoms with Crippen LogP contribution in [0.15, 0.2) is 64.4 Å². The third-order valence-electron chi connectivity index (χ3n) is 4.98. The molecule has 2 aromatic carbocycles. The van der Waals surface area contributed by atoms with Crippen molar-refractivity contribution < 1.29 is 13.2 Å². The second-order valence-corrected chi connectivity index (χ2v) is 9.45. The molecule has 2 N–H and O–H groups in total. The highest BCUT2D eigenvalue weighted by Crippen LogP contribution is 2.22. The van der Waals surface area contributed by atoms with Crippen LogP contribution in [-0.2, 0) is 10.0 Å². The maximum Gasteiger partial charge on any atom is 0.264 e.